The summed E-state index contributed by atoms with van der Waals surface area (Å²) in [4.78, 5) is 11.5. The van der Waals surface area contributed by atoms with Crippen molar-refractivity contribution in [2.45, 2.75) is 12.8 Å². The summed E-state index contributed by atoms with van der Waals surface area (Å²) in [6.07, 6.45) is 0.984. The van der Waals surface area contributed by atoms with Gasteiger partial charge in [-0.2, -0.15) is 0 Å². The average molecular weight is 337 g/mol. The van der Waals surface area contributed by atoms with Gasteiger partial charge in [0, 0.05) is 27.5 Å². The van der Waals surface area contributed by atoms with Crippen LogP contribution in [0.1, 0.15) is 12.0 Å². The molecule has 0 aliphatic carbocycles. The van der Waals surface area contributed by atoms with Gasteiger partial charge >= 0.3 is 0 Å². The van der Waals surface area contributed by atoms with Gasteiger partial charge in [0.1, 0.15) is 0 Å². The first-order valence-electron chi connectivity index (χ1n) is 5.03. The van der Waals surface area contributed by atoms with E-state index >= 15 is 0 Å². The molecule has 0 atom stereocenters. The molecule has 2 nitrogen and oxygen atoms in total. The number of hydrogen-bond acceptors (Lipinski definition) is 1. The van der Waals surface area contributed by atoms with Crippen LogP contribution in [-0.4, -0.2) is 12.5 Å². The molecule has 0 saturated carbocycles. The fourth-order valence-electron chi connectivity index (χ4n) is 1.26. The first kappa shape index (κ1) is 14.6. The van der Waals surface area contributed by atoms with E-state index in [1.54, 1.807) is 12.1 Å². The minimum Gasteiger partial charge on any atom is -0.352 e. The Morgan fingerprint density at radius 3 is 2.71 bits per heavy atom. The van der Waals surface area contributed by atoms with E-state index in [1.165, 1.54) is 0 Å². The number of amides is 1. The third-order valence-electron chi connectivity index (χ3n) is 2.11. The Kier molecular flexibility index (Phi) is 6.03. The Morgan fingerprint density at radius 1 is 1.41 bits per heavy atom. The Labute approximate surface area is 119 Å². The molecule has 0 spiro atoms. The monoisotopic (exact) mass is 335 g/mol. The molecule has 0 aliphatic rings. The van der Waals surface area contributed by atoms with Crippen molar-refractivity contribution >= 4 is 45.0 Å². The lowest BCUT2D eigenvalue weighted by Gasteiger charge is -2.06. The van der Waals surface area contributed by atoms with Crippen LogP contribution in [0.2, 0.25) is 10.0 Å². The number of carbonyl (C=O) groups is 1. The van der Waals surface area contributed by atoms with Crippen LogP contribution in [0.4, 0.5) is 0 Å². The van der Waals surface area contributed by atoms with Gasteiger partial charge in [0.2, 0.25) is 5.91 Å². The highest BCUT2D eigenvalue weighted by molar-refractivity contribution is 9.11. The zero-order valence-electron chi connectivity index (χ0n) is 9.10. The van der Waals surface area contributed by atoms with E-state index in [9.17, 15) is 4.79 Å². The van der Waals surface area contributed by atoms with E-state index in [4.69, 9.17) is 23.2 Å². The fraction of sp³-hybridized carbons (Fsp3) is 0.250. The Bertz CT molecular complexity index is 435. The van der Waals surface area contributed by atoms with Crippen LogP contribution in [-0.2, 0) is 11.2 Å². The second kappa shape index (κ2) is 7.04. The third kappa shape index (κ3) is 5.57. The van der Waals surface area contributed by atoms with Crippen molar-refractivity contribution < 1.29 is 4.79 Å². The topological polar surface area (TPSA) is 29.1 Å². The molecule has 5 heteroatoms. The van der Waals surface area contributed by atoms with E-state index in [-0.39, 0.29) is 5.91 Å². The first-order valence-corrected chi connectivity index (χ1v) is 6.58. The van der Waals surface area contributed by atoms with Crippen LogP contribution in [0, 0.1) is 0 Å². The number of halogens is 3. The molecule has 0 aliphatic heterocycles. The highest BCUT2D eigenvalue weighted by atomic mass is 79.9. The number of benzene rings is 1. The smallest absolute Gasteiger partial charge is 0.220 e. The molecule has 0 saturated heterocycles. The quantitative estimate of drug-likeness (QED) is 0.866. The molecule has 0 unspecified atom stereocenters. The van der Waals surface area contributed by atoms with E-state index < -0.39 is 0 Å². The van der Waals surface area contributed by atoms with Gasteiger partial charge in [0.05, 0.1) is 0 Å². The van der Waals surface area contributed by atoms with Gasteiger partial charge < -0.3 is 5.32 Å². The Balaban J connectivity index is 2.44. The summed E-state index contributed by atoms with van der Waals surface area (Å²) in [7, 11) is 0. The van der Waals surface area contributed by atoms with Crippen molar-refractivity contribution in [3.05, 3.63) is 44.9 Å². The molecular formula is C12H12BrCl2NO. The standard InChI is InChI=1S/C12H12BrCl2NO/c1-8(13)7-16-12(17)5-3-9-2-4-10(14)6-11(9)15/h2,4,6H,1,3,5,7H2,(H,16,17). The molecule has 0 bridgehead atoms. The van der Waals surface area contributed by atoms with Crippen LogP contribution in [0.3, 0.4) is 0 Å². The molecule has 0 aromatic heterocycles. The van der Waals surface area contributed by atoms with E-state index in [2.05, 4.69) is 27.8 Å². The van der Waals surface area contributed by atoms with Gasteiger partial charge in [-0.3, -0.25) is 4.79 Å². The van der Waals surface area contributed by atoms with Crippen molar-refractivity contribution in [2.24, 2.45) is 0 Å². The maximum absolute atomic E-state index is 11.5. The number of rotatable bonds is 5. The Hall–Kier alpha value is -0.510. The van der Waals surface area contributed by atoms with Crippen molar-refractivity contribution in [3.63, 3.8) is 0 Å². The van der Waals surface area contributed by atoms with Gasteiger partial charge in [0.25, 0.3) is 0 Å². The summed E-state index contributed by atoms with van der Waals surface area (Å²) in [5, 5.41) is 3.92. The van der Waals surface area contributed by atoms with Crippen LogP contribution >= 0.6 is 39.1 Å². The first-order chi connectivity index (χ1) is 7.99. The van der Waals surface area contributed by atoms with Crippen LogP contribution in [0.15, 0.2) is 29.3 Å². The largest absolute Gasteiger partial charge is 0.352 e. The number of hydrogen-bond donors (Lipinski definition) is 1. The lowest BCUT2D eigenvalue weighted by Crippen LogP contribution is -2.24. The molecule has 1 N–H and O–H groups in total. The van der Waals surface area contributed by atoms with Gasteiger partial charge in [-0.1, -0.05) is 51.8 Å². The predicted octanol–water partition coefficient (Wildman–Crippen LogP) is 3.95. The molecular weight excluding hydrogens is 325 g/mol. The molecule has 17 heavy (non-hydrogen) atoms. The SMILES string of the molecule is C=C(Br)CNC(=O)CCc1ccc(Cl)cc1Cl. The van der Waals surface area contributed by atoms with Crippen LogP contribution < -0.4 is 5.32 Å². The highest BCUT2D eigenvalue weighted by Gasteiger charge is 2.05. The summed E-state index contributed by atoms with van der Waals surface area (Å²) >= 11 is 15.0. The lowest BCUT2D eigenvalue weighted by atomic mass is 10.1. The maximum atomic E-state index is 11.5. The molecule has 1 aromatic rings. The molecule has 92 valence electrons. The molecule has 0 radical (unpaired) electrons. The Morgan fingerprint density at radius 2 is 2.12 bits per heavy atom. The highest BCUT2D eigenvalue weighted by Crippen LogP contribution is 2.21. The minimum atomic E-state index is -0.0309. The maximum Gasteiger partial charge on any atom is 0.220 e. The fourth-order valence-corrected chi connectivity index (χ4v) is 1.90. The normalized spacial score (nSPS) is 10.1. The summed E-state index contributed by atoms with van der Waals surface area (Å²) in [6.45, 7) is 4.07. The van der Waals surface area contributed by atoms with Crippen molar-refractivity contribution in [1.82, 2.24) is 5.32 Å². The van der Waals surface area contributed by atoms with Gasteiger partial charge in [0.15, 0.2) is 0 Å². The molecule has 1 amide bonds. The van der Waals surface area contributed by atoms with E-state index in [0.717, 1.165) is 10.0 Å². The minimum absolute atomic E-state index is 0.0309. The van der Waals surface area contributed by atoms with E-state index in [1.807, 2.05) is 6.07 Å². The second-order valence-corrected chi connectivity index (χ2v) is 5.49. The van der Waals surface area contributed by atoms with Gasteiger partial charge in [-0.25, -0.2) is 0 Å². The average Bonchev–Trinajstić information content (AvgIpc) is 2.25. The summed E-state index contributed by atoms with van der Waals surface area (Å²) in [6, 6.07) is 5.28. The zero-order chi connectivity index (χ0) is 12.8. The van der Waals surface area contributed by atoms with Crippen molar-refractivity contribution in [3.8, 4) is 0 Å². The summed E-state index contributed by atoms with van der Waals surface area (Å²) in [5.74, 6) is -0.0309. The molecule has 1 aromatic carbocycles. The molecule has 0 heterocycles. The summed E-state index contributed by atoms with van der Waals surface area (Å²) < 4.78 is 0.746. The number of aryl methyl sites for hydroxylation is 1. The predicted molar refractivity (Wildman–Crippen MR) is 75.9 cm³/mol. The van der Waals surface area contributed by atoms with Crippen molar-refractivity contribution in [2.75, 3.05) is 6.54 Å². The van der Waals surface area contributed by atoms with Crippen LogP contribution in [0.5, 0.6) is 0 Å². The van der Waals surface area contributed by atoms with Crippen LogP contribution in [0.25, 0.3) is 0 Å². The van der Waals surface area contributed by atoms with Gasteiger partial charge in [-0.15, -0.1) is 0 Å². The molecule has 0 fully saturated rings. The molecule has 1 rings (SSSR count). The lowest BCUT2D eigenvalue weighted by molar-refractivity contribution is -0.120. The zero-order valence-corrected chi connectivity index (χ0v) is 12.2. The second-order valence-electron chi connectivity index (χ2n) is 3.53. The van der Waals surface area contributed by atoms with Crippen molar-refractivity contribution in [1.29, 1.82) is 0 Å². The third-order valence-corrected chi connectivity index (χ3v) is 2.98. The van der Waals surface area contributed by atoms with Gasteiger partial charge in [-0.05, 0) is 24.1 Å². The number of nitrogens with one attached hydrogen (secondary N) is 1. The number of carbonyl (C=O) groups excluding carboxylic acids is 1. The summed E-state index contributed by atoms with van der Waals surface area (Å²) in [5.41, 5.74) is 0.920. The van der Waals surface area contributed by atoms with E-state index in [0.29, 0.717) is 29.4 Å².